The Hall–Kier alpha value is -1.88. The molecule has 0 unspecified atom stereocenters. The number of nitrogens with one attached hydrogen (secondary N) is 1. The number of amides is 2. The molecule has 0 bridgehead atoms. The predicted molar refractivity (Wildman–Crippen MR) is 71.6 cm³/mol. The maximum atomic E-state index is 11.9. The van der Waals surface area contributed by atoms with Gasteiger partial charge in [-0.25, -0.2) is 0 Å². The minimum absolute atomic E-state index is 0.358. The van der Waals surface area contributed by atoms with Gasteiger partial charge in [0.25, 0.3) is 0 Å². The average Bonchev–Trinajstić information content (AvgIpc) is 2.39. The van der Waals surface area contributed by atoms with Crippen molar-refractivity contribution >= 4 is 17.5 Å². The van der Waals surface area contributed by atoms with Crippen molar-refractivity contribution in [3.05, 3.63) is 29.8 Å². The van der Waals surface area contributed by atoms with Gasteiger partial charge in [0, 0.05) is 18.8 Å². The molecule has 0 spiro atoms. The quantitative estimate of drug-likeness (QED) is 0.739. The van der Waals surface area contributed by atoms with Crippen LogP contribution in [0.25, 0.3) is 0 Å². The average molecular weight is 262 g/mol. The number of aliphatic hydroxyl groups excluding tert-OH is 1. The fraction of sp³-hybridized carbons (Fsp3) is 0.429. The number of aryl methyl sites for hydroxylation is 1. The van der Waals surface area contributed by atoms with E-state index in [1.54, 1.807) is 6.07 Å². The Balaban J connectivity index is 1.94. The summed E-state index contributed by atoms with van der Waals surface area (Å²) in [5.74, 6) is -1.16. The van der Waals surface area contributed by atoms with Gasteiger partial charge in [0.15, 0.2) is 0 Å². The number of aliphatic hydroxyl groups is 1. The Morgan fingerprint density at radius 3 is 2.63 bits per heavy atom. The summed E-state index contributed by atoms with van der Waals surface area (Å²) in [6, 6.07) is 7.31. The van der Waals surface area contributed by atoms with Crippen LogP contribution in [0.3, 0.4) is 0 Å². The summed E-state index contributed by atoms with van der Waals surface area (Å²) in [7, 11) is 0. The van der Waals surface area contributed by atoms with Crippen LogP contribution in [0.1, 0.15) is 18.4 Å². The number of likely N-dealkylation sites (tertiary alicyclic amines) is 1. The van der Waals surface area contributed by atoms with Gasteiger partial charge in [-0.3, -0.25) is 9.59 Å². The fourth-order valence-electron chi connectivity index (χ4n) is 2.12. The number of piperidine rings is 1. The largest absolute Gasteiger partial charge is 0.393 e. The standard InChI is InChI=1S/C14H18N2O3/c1-10-3-2-4-11(9-10)15-13(18)14(19)16-7-5-12(17)6-8-16/h2-4,9,12,17H,5-8H2,1H3,(H,15,18). The highest BCUT2D eigenvalue weighted by Crippen LogP contribution is 2.12. The van der Waals surface area contributed by atoms with Gasteiger partial charge in [0.2, 0.25) is 0 Å². The van der Waals surface area contributed by atoms with E-state index in [9.17, 15) is 14.7 Å². The molecule has 2 amide bonds. The number of hydrogen-bond donors (Lipinski definition) is 2. The van der Waals surface area contributed by atoms with Crippen LogP contribution in [0.15, 0.2) is 24.3 Å². The van der Waals surface area contributed by atoms with Crippen LogP contribution < -0.4 is 5.32 Å². The summed E-state index contributed by atoms with van der Waals surface area (Å²) in [6.07, 6.45) is 0.705. The van der Waals surface area contributed by atoms with Gasteiger partial charge in [-0.05, 0) is 37.5 Å². The third-order valence-electron chi connectivity index (χ3n) is 3.22. The highest BCUT2D eigenvalue weighted by Gasteiger charge is 2.26. The van der Waals surface area contributed by atoms with Crippen molar-refractivity contribution in [2.45, 2.75) is 25.9 Å². The van der Waals surface area contributed by atoms with Crippen LogP contribution in [0, 0.1) is 6.92 Å². The number of hydrogen-bond acceptors (Lipinski definition) is 3. The predicted octanol–water partition coefficient (Wildman–Crippen LogP) is 0.917. The maximum Gasteiger partial charge on any atom is 0.313 e. The summed E-state index contributed by atoms with van der Waals surface area (Å²) < 4.78 is 0. The van der Waals surface area contributed by atoms with Crippen molar-refractivity contribution in [1.82, 2.24) is 4.90 Å². The molecule has 1 saturated heterocycles. The monoisotopic (exact) mass is 262 g/mol. The summed E-state index contributed by atoms with van der Waals surface area (Å²) in [4.78, 5) is 25.2. The Kier molecular flexibility index (Phi) is 4.16. The van der Waals surface area contributed by atoms with E-state index in [1.807, 2.05) is 25.1 Å². The van der Waals surface area contributed by atoms with E-state index < -0.39 is 11.8 Å². The third-order valence-corrected chi connectivity index (χ3v) is 3.22. The van der Waals surface area contributed by atoms with Gasteiger partial charge in [-0.1, -0.05) is 12.1 Å². The topological polar surface area (TPSA) is 69.6 Å². The second kappa shape index (κ2) is 5.84. The lowest BCUT2D eigenvalue weighted by Gasteiger charge is -2.28. The highest BCUT2D eigenvalue weighted by atomic mass is 16.3. The minimum Gasteiger partial charge on any atom is -0.393 e. The highest BCUT2D eigenvalue weighted by molar-refractivity contribution is 6.39. The molecule has 1 aromatic carbocycles. The molecule has 0 radical (unpaired) electrons. The molecule has 19 heavy (non-hydrogen) atoms. The van der Waals surface area contributed by atoms with Gasteiger partial charge in [-0.2, -0.15) is 0 Å². The molecule has 5 nitrogen and oxygen atoms in total. The van der Waals surface area contributed by atoms with Crippen molar-refractivity contribution < 1.29 is 14.7 Å². The van der Waals surface area contributed by atoms with E-state index in [1.165, 1.54) is 4.90 Å². The number of nitrogens with zero attached hydrogens (tertiary/aromatic N) is 1. The molecule has 1 aromatic rings. The molecule has 0 aliphatic carbocycles. The first-order valence-corrected chi connectivity index (χ1v) is 6.41. The van der Waals surface area contributed by atoms with Crippen molar-refractivity contribution in [2.75, 3.05) is 18.4 Å². The first kappa shape index (κ1) is 13.5. The summed E-state index contributed by atoms with van der Waals surface area (Å²) in [5, 5.41) is 12.0. The Morgan fingerprint density at radius 2 is 2.00 bits per heavy atom. The molecule has 0 aromatic heterocycles. The van der Waals surface area contributed by atoms with Gasteiger partial charge in [-0.15, -0.1) is 0 Å². The molecule has 102 valence electrons. The first-order chi connectivity index (χ1) is 9.06. The molecule has 2 N–H and O–H groups in total. The second-order valence-electron chi connectivity index (χ2n) is 4.85. The maximum absolute atomic E-state index is 11.9. The molecular weight excluding hydrogens is 244 g/mol. The normalized spacial score (nSPS) is 16.2. The van der Waals surface area contributed by atoms with Crippen molar-refractivity contribution in [2.24, 2.45) is 0 Å². The first-order valence-electron chi connectivity index (χ1n) is 6.41. The lowest BCUT2D eigenvalue weighted by molar-refractivity contribution is -0.144. The molecule has 1 heterocycles. The number of rotatable bonds is 1. The van der Waals surface area contributed by atoms with Crippen molar-refractivity contribution in [3.63, 3.8) is 0 Å². The Bertz CT molecular complexity index is 479. The number of carbonyl (C=O) groups is 2. The van der Waals surface area contributed by atoms with Gasteiger partial charge >= 0.3 is 11.8 Å². The Morgan fingerprint density at radius 1 is 1.32 bits per heavy atom. The van der Waals surface area contributed by atoms with E-state index in [-0.39, 0.29) is 6.10 Å². The third kappa shape index (κ3) is 3.54. The van der Waals surface area contributed by atoms with E-state index in [0.717, 1.165) is 5.56 Å². The lowest BCUT2D eigenvalue weighted by atomic mass is 10.1. The van der Waals surface area contributed by atoms with Gasteiger partial charge in [0.05, 0.1) is 6.10 Å². The van der Waals surface area contributed by atoms with Crippen LogP contribution in [-0.2, 0) is 9.59 Å². The van der Waals surface area contributed by atoms with Crippen LogP contribution in [-0.4, -0.2) is 41.0 Å². The molecular formula is C14H18N2O3. The van der Waals surface area contributed by atoms with Crippen LogP contribution >= 0.6 is 0 Å². The van der Waals surface area contributed by atoms with Crippen LogP contribution in [0.5, 0.6) is 0 Å². The SMILES string of the molecule is Cc1cccc(NC(=O)C(=O)N2CCC(O)CC2)c1. The zero-order valence-electron chi connectivity index (χ0n) is 10.9. The molecule has 2 rings (SSSR count). The van der Waals surface area contributed by atoms with Crippen molar-refractivity contribution in [1.29, 1.82) is 0 Å². The van der Waals surface area contributed by atoms with E-state index in [4.69, 9.17) is 0 Å². The van der Waals surface area contributed by atoms with Gasteiger partial charge < -0.3 is 15.3 Å². The lowest BCUT2D eigenvalue weighted by Crippen LogP contribution is -2.45. The van der Waals surface area contributed by atoms with Gasteiger partial charge in [0.1, 0.15) is 0 Å². The molecule has 5 heteroatoms. The zero-order chi connectivity index (χ0) is 13.8. The van der Waals surface area contributed by atoms with Crippen molar-refractivity contribution in [3.8, 4) is 0 Å². The second-order valence-corrected chi connectivity index (χ2v) is 4.85. The van der Waals surface area contributed by atoms with E-state index >= 15 is 0 Å². The molecule has 0 saturated carbocycles. The Labute approximate surface area is 112 Å². The molecule has 1 aliphatic rings. The number of benzene rings is 1. The number of anilines is 1. The molecule has 1 fully saturated rings. The van der Waals surface area contributed by atoms with Crippen LogP contribution in [0.2, 0.25) is 0 Å². The van der Waals surface area contributed by atoms with E-state index in [0.29, 0.717) is 31.6 Å². The summed E-state index contributed by atoms with van der Waals surface area (Å²) >= 11 is 0. The molecule has 1 aliphatic heterocycles. The minimum atomic E-state index is -0.623. The van der Waals surface area contributed by atoms with E-state index in [2.05, 4.69) is 5.32 Å². The smallest absolute Gasteiger partial charge is 0.313 e. The zero-order valence-corrected chi connectivity index (χ0v) is 10.9. The summed E-state index contributed by atoms with van der Waals surface area (Å²) in [5.41, 5.74) is 1.64. The molecule has 0 atom stereocenters. The fourth-order valence-corrected chi connectivity index (χ4v) is 2.12. The summed E-state index contributed by atoms with van der Waals surface area (Å²) in [6.45, 7) is 2.78. The number of carbonyl (C=O) groups excluding carboxylic acids is 2. The van der Waals surface area contributed by atoms with Crippen LogP contribution in [0.4, 0.5) is 5.69 Å².